The summed E-state index contributed by atoms with van der Waals surface area (Å²) in [7, 11) is 2.87. The number of methoxy groups -OCH3 is 2. The summed E-state index contributed by atoms with van der Waals surface area (Å²) in [6.07, 6.45) is 0. The van der Waals surface area contributed by atoms with E-state index in [1.54, 1.807) is 25.1 Å². The second-order valence-corrected chi connectivity index (χ2v) is 6.58. The molecule has 0 aliphatic carbocycles. The molecule has 28 heavy (non-hydrogen) atoms. The number of benzene rings is 2. The molecule has 2 rings (SSSR count). The number of hydrogen-bond donors (Lipinski definition) is 1. The van der Waals surface area contributed by atoms with Crippen LogP contribution < -0.4 is 14.8 Å². The van der Waals surface area contributed by atoms with Crippen LogP contribution in [-0.2, 0) is 9.59 Å². The van der Waals surface area contributed by atoms with Crippen molar-refractivity contribution in [1.82, 2.24) is 0 Å². The van der Waals surface area contributed by atoms with E-state index >= 15 is 0 Å². The van der Waals surface area contributed by atoms with Crippen LogP contribution in [0.15, 0.2) is 40.6 Å². The lowest BCUT2D eigenvalue weighted by atomic mass is 10.2. The standard InChI is InChI=1S/C19H19Cl2N3O4/c1-10-13(20)6-5-7-14(10)23-24-18(11(2)25)19(26)22-12-8-15(27-3)17(21)16(9-12)28-4/h5-9,18H,1-4H3,(H,22,26). The van der Waals surface area contributed by atoms with Crippen LogP contribution in [0.3, 0.4) is 0 Å². The molecule has 0 saturated carbocycles. The van der Waals surface area contributed by atoms with E-state index < -0.39 is 17.7 Å². The number of nitrogens with zero attached hydrogens (tertiary/aromatic N) is 2. The van der Waals surface area contributed by atoms with E-state index in [4.69, 9.17) is 32.7 Å². The highest BCUT2D eigenvalue weighted by Gasteiger charge is 2.24. The Morgan fingerprint density at radius 2 is 1.71 bits per heavy atom. The molecule has 148 valence electrons. The van der Waals surface area contributed by atoms with Crippen LogP contribution in [-0.4, -0.2) is 32.0 Å². The van der Waals surface area contributed by atoms with E-state index in [9.17, 15) is 9.59 Å². The van der Waals surface area contributed by atoms with Gasteiger partial charge in [-0.25, -0.2) is 0 Å². The average molecular weight is 424 g/mol. The van der Waals surface area contributed by atoms with Crippen LogP contribution in [0.25, 0.3) is 0 Å². The highest BCUT2D eigenvalue weighted by molar-refractivity contribution is 6.33. The molecule has 2 aromatic rings. The molecule has 0 heterocycles. The molecule has 0 bridgehead atoms. The Kier molecular flexibility index (Phi) is 7.37. The van der Waals surface area contributed by atoms with Crippen LogP contribution in [0.2, 0.25) is 10.0 Å². The molecule has 1 N–H and O–H groups in total. The normalized spacial score (nSPS) is 11.9. The number of Topliss-reactive ketones (excluding diaryl/α,β-unsaturated/α-hetero) is 1. The maximum atomic E-state index is 12.6. The van der Waals surface area contributed by atoms with Gasteiger partial charge in [-0.05, 0) is 31.5 Å². The van der Waals surface area contributed by atoms with Gasteiger partial charge in [-0.15, -0.1) is 0 Å². The molecule has 0 fully saturated rings. The maximum absolute atomic E-state index is 12.6. The van der Waals surface area contributed by atoms with Gasteiger partial charge in [-0.1, -0.05) is 29.3 Å². The number of nitrogens with one attached hydrogen (secondary N) is 1. The first-order valence-corrected chi connectivity index (χ1v) is 8.92. The minimum Gasteiger partial charge on any atom is -0.495 e. The van der Waals surface area contributed by atoms with Gasteiger partial charge >= 0.3 is 0 Å². The smallest absolute Gasteiger partial charge is 0.258 e. The Hall–Kier alpha value is -2.64. The van der Waals surface area contributed by atoms with Crippen molar-refractivity contribution in [2.24, 2.45) is 10.2 Å². The van der Waals surface area contributed by atoms with Gasteiger partial charge in [-0.2, -0.15) is 10.2 Å². The Balaban J connectivity index is 2.28. The fourth-order valence-electron chi connectivity index (χ4n) is 2.29. The third-order valence-corrected chi connectivity index (χ3v) is 4.65. The quantitative estimate of drug-likeness (QED) is 0.501. The topological polar surface area (TPSA) is 89.4 Å². The Morgan fingerprint density at radius 1 is 1.11 bits per heavy atom. The molecule has 9 heteroatoms. The first-order valence-electron chi connectivity index (χ1n) is 8.17. The lowest BCUT2D eigenvalue weighted by molar-refractivity contribution is -0.126. The summed E-state index contributed by atoms with van der Waals surface area (Å²) < 4.78 is 10.3. The molecule has 0 aromatic heterocycles. The number of hydrogen-bond acceptors (Lipinski definition) is 6. The summed E-state index contributed by atoms with van der Waals surface area (Å²) in [5.74, 6) is -0.491. The van der Waals surface area contributed by atoms with E-state index in [1.165, 1.54) is 33.3 Å². The first-order chi connectivity index (χ1) is 13.3. The summed E-state index contributed by atoms with van der Waals surface area (Å²) in [5.41, 5.74) is 1.51. The van der Waals surface area contributed by atoms with E-state index in [2.05, 4.69) is 15.5 Å². The third kappa shape index (κ3) is 4.99. The maximum Gasteiger partial charge on any atom is 0.258 e. The fourth-order valence-corrected chi connectivity index (χ4v) is 2.73. The molecule has 0 aliphatic rings. The fraction of sp³-hybridized carbons (Fsp3) is 0.263. The number of ether oxygens (including phenoxy) is 2. The van der Waals surface area contributed by atoms with Gasteiger partial charge in [0.1, 0.15) is 16.5 Å². The van der Waals surface area contributed by atoms with Gasteiger partial charge in [0.25, 0.3) is 5.91 Å². The van der Waals surface area contributed by atoms with E-state index in [0.29, 0.717) is 33.5 Å². The average Bonchev–Trinajstić information content (AvgIpc) is 2.66. The molecule has 1 atom stereocenters. The van der Waals surface area contributed by atoms with Crippen molar-refractivity contribution in [2.45, 2.75) is 19.9 Å². The number of rotatable bonds is 7. The molecule has 0 aliphatic heterocycles. The summed E-state index contributed by atoms with van der Waals surface area (Å²) >= 11 is 12.2. The predicted octanol–water partition coefficient (Wildman–Crippen LogP) is 5.00. The molecular weight excluding hydrogens is 405 g/mol. The summed E-state index contributed by atoms with van der Waals surface area (Å²) in [4.78, 5) is 24.5. The summed E-state index contributed by atoms with van der Waals surface area (Å²) in [6, 6.07) is 6.81. The van der Waals surface area contributed by atoms with Gasteiger partial charge in [-0.3, -0.25) is 9.59 Å². The second kappa shape index (κ2) is 9.52. The van der Waals surface area contributed by atoms with Crippen LogP contribution in [0.5, 0.6) is 11.5 Å². The molecule has 0 saturated heterocycles. The van der Waals surface area contributed by atoms with Crippen molar-refractivity contribution in [3.8, 4) is 11.5 Å². The molecule has 1 unspecified atom stereocenters. The predicted molar refractivity (Wildman–Crippen MR) is 108 cm³/mol. The van der Waals surface area contributed by atoms with Gasteiger partial charge in [0.2, 0.25) is 6.04 Å². The summed E-state index contributed by atoms with van der Waals surface area (Å²) in [5, 5.41) is 11.3. The van der Waals surface area contributed by atoms with Gasteiger partial charge in [0.05, 0.1) is 19.9 Å². The van der Waals surface area contributed by atoms with Gasteiger partial charge in [0.15, 0.2) is 5.78 Å². The van der Waals surface area contributed by atoms with E-state index in [0.717, 1.165) is 0 Å². The van der Waals surface area contributed by atoms with Crippen LogP contribution in [0.1, 0.15) is 12.5 Å². The molecule has 0 radical (unpaired) electrons. The lowest BCUT2D eigenvalue weighted by Crippen LogP contribution is -2.31. The van der Waals surface area contributed by atoms with Crippen molar-refractivity contribution in [3.63, 3.8) is 0 Å². The number of carbonyl (C=O) groups excluding carboxylic acids is 2. The van der Waals surface area contributed by atoms with E-state index in [-0.39, 0.29) is 5.02 Å². The highest BCUT2D eigenvalue weighted by Crippen LogP contribution is 2.37. The first kappa shape index (κ1) is 21.7. The van der Waals surface area contributed by atoms with Gasteiger partial charge in [0, 0.05) is 22.8 Å². The van der Waals surface area contributed by atoms with Crippen LogP contribution in [0, 0.1) is 6.92 Å². The minimum absolute atomic E-state index is 0.266. The van der Waals surface area contributed by atoms with Crippen molar-refractivity contribution >= 4 is 46.3 Å². The van der Waals surface area contributed by atoms with Crippen LogP contribution in [0.4, 0.5) is 11.4 Å². The number of anilines is 1. The Morgan fingerprint density at radius 3 is 2.25 bits per heavy atom. The number of halogens is 2. The number of carbonyl (C=O) groups is 2. The zero-order valence-corrected chi connectivity index (χ0v) is 17.3. The third-order valence-electron chi connectivity index (χ3n) is 3.87. The number of azo groups is 1. The number of ketones is 1. The van der Waals surface area contributed by atoms with Gasteiger partial charge < -0.3 is 14.8 Å². The van der Waals surface area contributed by atoms with Crippen molar-refractivity contribution in [1.29, 1.82) is 0 Å². The zero-order chi connectivity index (χ0) is 20.8. The number of amides is 1. The molecule has 0 spiro atoms. The summed E-state index contributed by atoms with van der Waals surface area (Å²) in [6.45, 7) is 3.03. The lowest BCUT2D eigenvalue weighted by Gasteiger charge is -2.13. The molecular formula is C19H19Cl2N3O4. The SMILES string of the molecule is COc1cc(NC(=O)C(N=Nc2cccc(Cl)c2C)C(C)=O)cc(OC)c1Cl. The molecule has 1 amide bonds. The van der Waals surface area contributed by atoms with Crippen molar-refractivity contribution in [2.75, 3.05) is 19.5 Å². The minimum atomic E-state index is -1.33. The molecule has 2 aromatic carbocycles. The van der Waals surface area contributed by atoms with Crippen molar-refractivity contribution in [3.05, 3.63) is 45.9 Å². The Bertz CT molecular complexity index is 906. The van der Waals surface area contributed by atoms with Crippen LogP contribution >= 0.6 is 23.2 Å². The van der Waals surface area contributed by atoms with E-state index in [1.807, 2.05) is 0 Å². The largest absolute Gasteiger partial charge is 0.495 e. The Labute approximate surface area is 172 Å². The second-order valence-electron chi connectivity index (χ2n) is 5.80. The molecule has 7 nitrogen and oxygen atoms in total. The highest BCUT2D eigenvalue weighted by atomic mass is 35.5. The van der Waals surface area contributed by atoms with Crippen molar-refractivity contribution < 1.29 is 19.1 Å². The monoisotopic (exact) mass is 423 g/mol. The zero-order valence-electron chi connectivity index (χ0n) is 15.7.